The Hall–Kier alpha value is -3.46. The second-order valence-electron chi connectivity index (χ2n) is 5.36. The van der Waals surface area contributed by atoms with Gasteiger partial charge in [-0.05, 0) is 26.0 Å². The average Bonchev–Trinajstić information content (AvgIpc) is 2.60. The Morgan fingerprint density at radius 2 is 1.96 bits per heavy atom. The number of rotatable bonds is 11. The molecule has 0 spiro atoms. The second-order valence-corrected chi connectivity index (χ2v) is 5.36. The number of hydrogen-bond acceptors (Lipinski definition) is 6. The van der Waals surface area contributed by atoms with Gasteiger partial charge in [-0.1, -0.05) is 37.0 Å². The standard InChI is InChI=1S/C21H26N2O4/c1-6-19(20(25-5)14-18(4)27-15-22)10-11-21(24)26-13-12-16(2)8-7-9-17(3)23/h6-11,14H,1-2,12-13,23H2,3-5H3/b8-7-,11-10+,17-9+,18-14+,20-19-. The fourth-order valence-electron chi connectivity index (χ4n) is 1.70. The number of nitrogens with zero attached hydrogens (tertiary/aromatic N) is 1. The minimum Gasteiger partial charge on any atom is -0.496 e. The first-order valence-electron chi connectivity index (χ1n) is 8.12. The van der Waals surface area contributed by atoms with E-state index in [2.05, 4.69) is 17.9 Å². The number of nitrogens with two attached hydrogens (primary N) is 1. The van der Waals surface area contributed by atoms with Crippen molar-refractivity contribution >= 4 is 5.97 Å². The minimum atomic E-state index is -0.506. The Bertz CT molecular complexity index is 728. The zero-order valence-electron chi connectivity index (χ0n) is 16.0. The number of hydrogen-bond donors (Lipinski definition) is 1. The predicted molar refractivity (Wildman–Crippen MR) is 106 cm³/mol. The van der Waals surface area contributed by atoms with Gasteiger partial charge in [0.1, 0.15) is 11.5 Å². The normalized spacial score (nSPS) is 13.1. The first-order valence-corrected chi connectivity index (χ1v) is 8.12. The quantitative estimate of drug-likeness (QED) is 0.195. The first-order chi connectivity index (χ1) is 12.8. The second kappa shape index (κ2) is 13.8. The predicted octanol–water partition coefficient (Wildman–Crippen LogP) is 3.94. The summed E-state index contributed by atoms with van der Waals surface area (Å²) >= 11 is 0. The molecule has 0 saturated carbocycles. The van der Waals surface area contributed by atoms with Gasteiger partial charge in [0, 0.05) is 29.8 Å². The number of ether oxygens (including phenoxy) is 3. The van der Waals surface area contributed by atoms with Crippen LogP contribution in [-0.2, 0) is 19.0 Å². The van der Waals surface area contributed by atoms with Crippen molar-refractivity contribution in [2.24, 2.45) is 5.73 Å². The molecule has 0 aromatic rings. The molecule has 0 aliphatic rings. The van der Waals surface area contributed by atoms with Crippen molar-refractivity contribution in [1.29, 1.82) is 5.26 Å². The van der Waals surface area contributed by atoms with E-state index >= 15 is 0 Å². The molecule has 0 amide bonds. The molecule has 0 bridgehead atoms. The molecular formula is C21H26N2O4. The van der Waals surface area contributed by atoms with Crippen molar-refractivity contribution < 1.29 is 19.0 Å². The van der Waals surface area contributed by atoms with Gasteiger partial charge in [0.05, 0.1) is 13.7 Å². The fourth-order valence-corrected chi connectivity index (χ4v) is 1.70. The molecule has 0 heterocycles. The topological polar surface area (TPSA) is 94.6 Å². The van der Waals surface area contributed by atoms with Crippen LogP contribution < -0.4 is 5.73 Å². The third-order valence-electron chi connectivity index (χ3n) is 3.02. The lowest BCUT2D eigenvalue weighted by Gasteiger charge is -2.06. The van der Waals surface area contributed by atoms with Crippen molar-refractivity contribution in [1.82, 2.24) is 0 Å². The first kappa shape index (κ1) is 23.5. The van der Waals surface area contributed by atoms with Crippen molar-refractivity contribution in [3.05, 3.63) is 84.1 Å². The third-order valence-corrected chi connectivity index (χ3v) is 3.02. The fraction of sp³-hybridized carbons (Fsp3) is 0.238. The number of allylic oxidation sites excluding steroid dienone is 9. The van der Waals surface area contributed by atoms with E-state index in [1.54, 1.807) is 38.3 Å². The lowest BCUT2D eigenvalue weighted by molar-refractivity contribution is -0.137. The average molecular weight is 370 g/mol. The maximum atomic E-state index is 11.8. The van der Waals surface area contributed by atoms with Gasteiger partial charge in [-0.15, -0.1) is 5.26 Å². The van der Waals surface area contributed by atoms with Gasteiger partial charge in [0.25, 0.3) is 6.26 Å². The molecule has 144 valence electrons. The summed E-state index contributed by atoms with van der Waals surface area (Å²) in [6.45, 7) is 11.1. The zero-order chi connectivity index (χ0) is 20.7. The summed E-state index contributed by atoms with van der Waals surface area (Å²) in [5.41, 5.74) is 7.56. The summed E-state index contributed by atoms with van der Waals surface area (Å²) in [6.07, 6.45) is 13.2. The monoisotopic (exact) mass is 370 g/mol. The van der Waals surface area contributed by atoms with Gasteiger partial charge in [-0.25, -0.2) is 4.79 Å². The van der Waals surface area contributed by atoms with Crippen LogP contribution in [0.1, 0.15) is 20.3 Å². The molecule has 0 rings (SSSR count). The van der Waals surface area contributed by atoms with E-state index in [-0.39, 0.29) is 6.61 Å². The van der Waals surface area contributed by atoms with E-state index in [1.807, 2.05) is 0 Å². The number of esters is 1. The molecule has 6 heteroatoms. The Balaban J connectivity index is 4.77. The number of carbonyl (C=O) groups excluding carboxylic acids is 1. The highest BCUT2D eigenvalue weighted by molar-refractivity contribution is 5.82. The van der Waals surface area contributed by atoms with Gasteiger partial charge in [0.2, 0.25) is 0 Å². The number of carbonyl (C=O) groups is 1. The van der Waals surface area contributed by atoms with Gasteiger partial charge >= 0.3 is 5.97 Å². The third kappa shape index (κ3) is 11.7. The summed E-state index contributed by atoms with van der Waals surface area (Å²) in [7, 11) is 1.46. The molecule has 6 nitrogen and oxygen atoms in total. The van der Waals surface area contributed by atoms with Crippen LogP contribution in [-0.4, -0.2) is 19.7 Å². The molecule has 0 aromatic heterocycles. The van der Waals surface area contributed by atoms with Gasteiger partial charge in [-0.3, -0.25) is 0 Å². The molecule has 0 radical (unpaired) electrons. The molecule has 0 aliphatic carbocycles. The molecule has 0 aliphatic heterocycles. The van der Waals surface area contributed by atoms with E-state index < -0.39 is 5.97 Å². The summed E-state index contributed by atoms with van der Waals surface area (Å²) in [4.78, 5) is 11.8. The van der Waals surface area contributed by atoms with Crippen LogP contribution in [0, 0.1) is 11.5 Å². The van der Waals surface area contributed by atoms with E-state index in [0.717, 1.165) is 5.57 Å². The lowest BCUT2D eigenvalue weighted by Crippen LogP contribution is -2.03. The Labute approximate surface area is 160 Å². The Morgan fingerprint density at radius 1 is 1.26 bits per heavy atom. The molecule has 0 saturated heterocycles. The summed E-state index contributed by atoms with van der Waals surface area (Å²) in [6, 6.07) is 0. The van der Waals surface area contributed by atoms with Crippen LogP contribution in [0.2, 0.25) is 0 Å². The van der Waals surface area contributed by atoms with Crippen LogP contribution >= 0.6 is 0 Å². The zero-order valence-corrected chi connectivity index (χ0v) is 16.0. The van der Waals surface area contributed by atoms with E-state index in [1.165, 1.54) is 31.4 Å². The molecule has 2 N–H and O–H groups in total. The summed E-state index contributed by atoms with van der Waals surface area (Å²) in [5.74, 6) is 0.229. The molecule has 0 aromatic carbocycles. The van der Waals surface area contributed by atoms with Crippen LogP contribution in [0.4, 0.5) is 0 Å². The SMILES string of the molecule is C=CC(/C=C/C(=O)OCCC(=C)/C=C\C=C(/C)N)=C(\C=C(/C)OC#N)OC. The molecule has 27 heavy (non-hydrogen) atoms. The van der Waals surface area contributed by atoms with Crippen LogP contribution in [0.25, 0.3) is 0 Å². The van der Waals surface area contributed by atoms with E-state index in [9.17, 15) is 4.79 Å². The summed E-state index contributed by atoms with van der Waals surface area (Å²) in [5, 5.41) is 8.50. The minimum absolute atomic E-state index is 0.205. The van der Waals surface area contributed by atoms with Gasteiger partial charge in [0.15, 0.2) is 0 Å². The highest BCUT2D eigenvalue weighted by atomic mass is 16.5. The van der Waals surface area contributed by atoms with Crippen molar-refractivity contribution in [3.8, 4) is 6.26 Å². The van der Waals surface area contributed by atoms with Crippen molar-refractivity contribution in [2.75, 3.05) is 13.7 Å². The lowest BCUT2D eigenvalue weighted by atomic mass is 10.2. The molecular weight excluding hydrogens is 344 g/mol. The van der Waals surface area contributed by atoms with Crippen LogP contribution in [0.15, 0.2) is 84.1 Å². The maximum Gasteiger partial charge on any atom is 0.330 e. The Morgan fingerprint density at radius 3 is 2.52 bits per heavy atom. The summed E-state index contributed by atoms with van der Waals surface area (Å²) < 4.78 is 15.0. The Kier molecular flexibility index (Phi) is 12.0. The largest absolute Gasteiger partial charge is 0.496 e. The maximum absolute atomic E-state index is 11.8. The number of methoxy groups -OCH3 is 1. The van der Waals surface area contributed by atoms with Crippen LogP contribution in [0.5, 0.6) is 0 Å². The van der Waals surface area contributed by atoms with E-state index in [4.69, 9.17) is 20.5 Å². The molecule has 0 unspecified atom stereocenters. The highest BCUT2D eigenvalue weighted by Gasteiger charge is 2.03. The van der Waals surface area contributed by atoms with Crippen molar-refractivity contribution in [3.63, 3.8) is 0 Å². The molecule has 0 fully saturated rings. The van der Waals surface area contributed by atoms with Gasteiger partial charge < -0.3 is 19.9 Å². The van der Waals surface area contributed by atoms with Crippen molar-refractivity contribution in [2.45, 2.75) is 20.3 Å². The molecule has 0 atom stereocenters. The number of nitriles is 1. The van der Waals surface area contributed by atoms with E-state index in [0.29, 0.717) is 29.2 Å². The smallest absolute Gasteiger partial charge is 0.330 e. The highest BCUT2D eigenvalue weighted by Crippen LogP contribution is 2.13. The van der Waals surface area contributed by atoms with Crippen LogP contribution in [0.3, 0.4) is 0 Å². The van der Waals surface area contributed by atoms with Gasteiger partial charge in [-0.2, -0.15) is 0 Å².